The van der Waals surface area contributed by atoms with E-state index in [1.54, 1.807) is 19.1 Å². The molecule has 3 aromatic carbocycles. The van der Waals surface area contributed by atoms with Crippen LogP contribution < -0.4 is 10.9 Å². The third-order valence-electron chi connectivity index (χ3n) is 5.54. The van der Waals surface area contributed by atoms with Crippen LogP contribution in [-0.2, 0) is 0 Å². The standard InChI is InChI=1S/C26H23FN2O2/c1-3-23(18-10-6-4-7-11-18)28-25(30)24-17(2)29(20-12-8-5-9-13-20)26(31)22-16-19(27)14-15-21(22)24/h4-16,23H,3H2,1-2H3,(H,28,30)/t23-/m0/s1. The second-order valence-corrected chi connectivity index (χ2v) is 7.47. The molecule has 1 aromatic heterocycles. The molecule has 0 aliphatic carbocycles. The molecule has 0 unspecified atom stereocenters. The Balaban J connectivity index is 1.91. The molecule has 0 radical (unpaired) electrons. The van der Waals surface area contributed by atoms with E-state index >= 15 is 0 Å². The average molecular weight is 414 g/mol. The van der Waals surface area contributed by atoms with Gasteiger partial charge in [-0.05, 0) is 43.2 Å². The SMILES string of the molecule is CC[C@H](NC(=O)c1c(C)n(-c2ccccc2)c(=O)c2cc(F)ccc12)c1ccccc1. The van der Waals surface area contributed by atoms with Gasteiger partial charge in [-0.2, -0.15) is 0 Å². The van der Waals surface area contributed by atoms with E-state index in [-0.39, 0.29) is 22.9 Å². The number of para-hydroxylation sites is 1. The van der Waals surface area contributed by atoms with Gasteiger partial charge in [-0.1, -0.05) is 61.5 Å². The lowest BCUT2D eigenvalue weighted by Gasteiger charge is -2.21. The molecular formula is C26H23FN2O2. The molecule has 4 aromatic rings. The van der Waals surface area contributed by atoms with Crippen LogP contribution in [-0.4, -0.2) is 10.5 Å². The first kappa shape index (κ1) is 20.5. The van der Waals surface area contributed by atoms with E-state index in [1.807, 2.05) is 55.5 Å². The van der Waals surface area contributed by atoms with E-state index in [9.17, 15) is 14.0 Å². The van der Waals surface area contributed by atoms with Crippen LogP contribution in [0.5, 0.6) is 0 Å². The van der Waals surface area contributed by atoms with E-state index in [0.717, 1.165) is 5.56 Å². The van der Waals surface area contributed by atoms with E-state index in [0.29, 0.717) is 28.8 Å². The van der Waals surface area contributed by atoms with Crippen molar-refractivity contribution in [2.75, 3.05) is 0 Å². The fraction of sp³-hybridized carbons (Fsp3) is 0.154. The summed E-state index contributed by atoms with van der Waals surface area (Å²) < 4.78 is 15.5. The van der Waals surface area contributed by atoms with Gasteiger partial charge in [0.15, 0.2) is 0 Å². The van der Waals surface area contributed by atoms with Gasteiger partial charge in [-0.25, -0.2) is 4.39 Å². The molecule has 1 N–H and O–H groups in total. The van der Waals surface area contributed by atoms with E-state index in [1.165, 1.54) is 22.8 Å². The third kappa shape index (κ3) is 3.87. The fourth-order valence-corrected chi connectivity index (χ4v) is 4.00. The Morgan fingerprint density at radius 3 is 2.26 bits per heavy atom. The zero-order valence-corrected chi connectivity index (χ0v) is 17.4. The summed E-state index contributed by atoms with van der Waals surface area (Å²) >= 11 is 0. The van der Waals surface area contributed by atoms with Crippen molar-refractivity contribution in [3.8, 4) is 5.69 Å². The number of nitrogens with one attached hydrogen (secondary N) is 1. The quantitative estimate of drug-likeness (QED) is 0.481. The molecule has 0 saturated carbocycles. The lowest BCUT2D eigenvalue weighted by atomic mass is 10.0. The molecule has 1 heterocycles. The predicted octanol–water partition coefficient (Wildman–Crippen LogP) is 5.32. The lowest BCUT2D eigenvalue weighted by Crippen LogP contribution is -2.32. The highest BCUT2D eigenvalue weighted by Crippen LogP contribution is 2.24. The van der Waals surface area contributed by atoms with Crippen LogP contribution in [0, 0.1) is 12.7 Å². The van der Waals surface area contributed by atoms with Crippen molar-refractivity contribution < 1.29 is 9.18 Å². The van der Waals surface area contributed by atoms with Crippen LogP contribution in [0.2, 0.25) is 0 Å². The molecule has 0 spiro atoms. The van der Waals surface area contributed by atoms with Crippen molar-refractivity contribution >= 4 is 16.7 Å². The van der Waals surface area contributed by atoms with Gasteiger partial charge in [0.05, 0.1) is 17.0 Å². The number of fused-ring (bicyclic) bond motifs is 1. The Bertz CT molecular complexity index is 1300. The number of carbonyl (C=O) groups excluding carboxylic acids is 1. The molecule has 0 bridgehead atoms. The first-order valence-electron chi connectivity index (χ1n) is 10.3. The van der Waals surface area contributed by atoms with Crippen LogP contribution in [0.1, 0.15) is 41.0 Å². The summed E-state index contributed by atoms with van der Waals surface area (Å²) in [6, 6.07) is 22.6. The Morgan fingerprint density at radius 1 is 0.968 bits per heavy atom. The van der Waals surface area contributed by atoms with Crippen molar-refractivity contribution in [2.24, 2.45) is 0 Å². The molecule has 5 heteroatoms. The summed E-state index contributed by atoms with van der Waals surface area (Å²) in [6.07, 6.45) is 0.708. The molecule has 0 aliphatic rings. The van der Waals surface area contributed by atoms with Gasteiger partial charge in [-0.15, -0.1) is 0 Å². The van der Waals surface area contributed by atoms with Gasteiger partial charge < -0.3 is 5.32 Å². The Hall–Kier alpha value is -3.73. The summed E-state index contributed by atoms with van der Waals surface area (Å²) in [5.74, 6) is -0.815. The van der Waals surface area contributed by atoms with Crippen LogP contribution in [0.15, 0.2) is 83.7 Å². The van der Waals surface area contributed by atoms with Crippen LogP contribution >= 0.6 is 0 Å². The normalized spacial score (nSPS) is 12.0. The summed E-state index contributed by atoms with van der Waals surface area (Å²) in [5.41, 5.74) is 2.15. The molecule has 31 heavy (non-hydrogen) atoms. The largest absolute Gasteiger partial charge is 0.345 e. The second-order valence-electron chi connectivity index (χ2n) is 7.47. The molecular weight excluding hydrogens is 391 g/mol. The summed E-state index contributed by atoms with van der Waals surface area (Å²) in [7, 11) is 0. The number of pyridine rings is 1. The summed E-state index contributed by atoms with van der Waals surface area (Å²) in [5, 5.41) is 3.71. The highest BCUT2D eigenvalue weighted by molar-refractivity contribution is 6.08. The third-order valence-corrected chi connectivity index (χ3v) is 5.54. The smallest absolute Gasteiger partial charge is 0.263 e. The molecule has 4 rings (SSSR count). The summed E-state index contributed by atoms with van der Waals surface area (Å²) in [4.78, 5) is 26.7. The lowest BCUT2D eigenvalue weighted by molar-refractivity contribution is 0.0936. The Labute approximate surface area is 180 Å². The number of benzene rings is 3. The van der Waals surface area contributed by atoms with E-state index in [4.69, 9.17) is 0 Å². The van der Waals surface area contributed by atoms with Crippen molar-refractivity contribution in [1.82, 2.24) is 9.88 Å². The van der Waals surface area contributed by atoms with Crippen LogP contribution in [0.25, 0.3) is 16.5 Å². The van der Waals surface area contributed by atoms with E-state index in [2.05, 4.69) is 5.32 Å². The molecule has 0 fully saturated rings. The minimum atomic E-state index is -0.518. The average Bonchev–Trinajstić information content (AvgIpc) is 2.79. The van der Waals surface area contributed by atoms with Gasteiger partial charge in [0.25, 0.3) is 11.5 Å². The van der Waals surface area contributed by atoms with Gasteiger partial charge in [0.2, 0.25) is 0 Å². The molecule has 0 aliphatic heterocycles. The summed E-state index contributed by atoms with van der Waals surface area (Å²) in [6.45, 7) is 3.75. The number of hydrogen-bond donors (Lipinski definition) is 1. The molecule has 4 nitrogen and oxygen atoms in total. The second kappa shape index (κ2) is 8.56. The van der Waals surface area contributed by atoms with Crippen molar-refractivity contribution in [2.45, 2.75) is 26.3 Å². The van der Waals surface area contributed by atoms with E-state index < -0.39 is 5.82 Å². The number of aromatic nitrogens is 1. The number of amides is 1. The Kier molecular flexibility index (Phi) is 5.67. The molecule has 156 valence electrons. The first-order valence-corrected chi connectivity index (χ1v) is 10.3. The van der Waals surface area contributed by atoms with Crippen molar-refractivity contribution in [3.05, 3.63) is 112 Å². The minimum absolute atomic E-state index is 0.173. The van der Waals surface area contributed by atoms with Gasteiger partial charge >= 0.3 is 0 Å². The maximum absolute atomic E-state index is 14.0. The topological polar surface area (TPSA) is 51.1 Å². The van der Waals surface area contributed by atoms with Gasteiger partial charge in [-0.3, -0.25) is 14.2 Å². The molecule has 1 atom stereocenters. The number of rotatable bonds is 5. The number of nitrogens with zero attached hydrogens (tertiary/aromatic N) is 1. The highest BCUT2D eigenvalue weighted by atomic mass is 19.1. The fourth-order valence-electron chi connectivity index (χ4n) is 4.00. The molecule has 0 saturated heterocycles. The first-order chi connectivity index (χ1) is 15.0. The Morgan fingerprint density at radius 2 is 1.61 bits per heavy atom. The van der Waals surface area contributed by atoms with Gasteiger partial charge in [0.1, 0.15) is 5.82 Å². The highest BCUT2D eigenvalue weighted by Gasteiger charge is 2.22. The zero-order chi connectivity index (χ0) is 22.0. The molecule has 1 amide bonds. The zero-order valence-electron chi connectivity index (χ0n) is 17.4. The van der Waals surface area contributed by atoms with Crippen molar-refractivity contribution in [3.63, 3.8) is 0 Å². The maximum Gasteiger partial charge on any atom is 0.263 e. The number of carbonyl (C=O) groups is 1. The van der Waals surface area contributed by atoms with Crippen LogP contribution in [0.3, 0.4) is 0 Å². The number of hydrogen-bond acceptors (Lipinski definition) is 2. The minimum Gasteiger partial charge on any atom is -0.345 e. The van der Waals surface area contributed by atoms with Crippen LogP contribution in [0.4, 0.5) is 4.39 Å². The monoisotopic (exact) mass is 414 g/mol. The van der Waals surface area contributed by atoms with Crippen molar-refractivity contribution in [1.29, 1.82) is 0 Å². The maximum atomic E-state index is 14.0. The predicted molar refractivity (Wildman–Crippen MR) is 121 cm³/mol. The number of halogens is 1. The van der Waals surface area contributed by atoms with Gasteiger partial charge in [0, 0.05) is 16.8 Å².